The van der Waals surface area contributed by atoms with Crippen LogP contribution in [0.4, 0.5) is 17.3 Å². The SMILES string of the molecule is O=C(C1CCCO1)N1CCN(c2ncc3c(n2)CCN3c2ccccc2)CC1. The second-order valence-electron chi connectivity index (χ2n) is 7.55. The average molecular weight is 379 g/mol. The van der Waals surface area contributed by atoms with Crippen molar-refractivity contribution in [2.75, 3.05) is 49.1 Å². The lowest BCUT2D eigenvalue weighted by Gasteiger charge is -2.35. The van der Waals surface area contributed by atoms with Gasteiger partial charge in [-0.05, 0) is 25.0 Å². The first kappa shape index (κ1) is 17.4. The van der Waals surface area contributed by atoms with E-state index in [-0.39, 0.29) is 12.0 Å². The van der Waals surface area contributed by atoms with Gasteiger partial charge in [-0.15, -0.1) is 0 Å². The van der Waals surface area contributed by atoms with Gasteiger partial charge in [0, 0.05) is 51.4 Å². The van der Waals surface area contributed by atoms with Crippen molar-refractivity contribution in [1.29, 1.82) is 0 Å². The van der Waals surface area contributed by atoms with Gasteiger partial charge in [0.05, 0.1) is 17.6 Å². The first-order valence-electron chi connectivity index (χ1n) is 10.1. The molecule has 3 aliphatic rings. The third-order valence-electron chi connectivity index (χ3n) is 5.84. The van der Waals surface area contributed by atoms with Gasteiger partial charge in [-0.2, -0.15) is 0 Å². The van der Waals surface area contributed by atoms with Gasteiger partial charge < -0.3 is 19.4 Å². The summed E-state index contributed by atoms with van der Waals surface area (Å²) in [6.45, 7) is 4.57. The highest BCUT2D eigenvalue weighted by Crippen LogP contribution is 2.33. The molecule has 5 rings (SSSR count). The van der Waals surface area contributed by atoms with Crippen molar-refractivity contribution >= 4 is 23.2 Å². The van der Waals surface area contributed by atoms with E-state index in [1.165, 1.54) is 5.69 Å². The third kappa shape index (κ3) is 3.20. The number of fused-ring (bicyclic) bond motifs is 1. The van der Waals surface area contributed by atoms with Gasteiger partial charge in [0.15, 0.2) is 0 Å². The van der Waals surface area contributed by atoms with Gasteiger partial charge in [0.1, 0.15) is 6.10 Å². The van der Waals surface area contributed by atoms with Crippen LogP contribution in [0.1, 0.15) is 18.5 Å². The Morgan fingerprint density at radius 2 is 1.89 bits per heavy atom. The molecule has 1 aromatic carbocycles. The number of hydrogen-bond donors (Lipinski definition) is 0. The predicted octanol–water partition coefficient (Wildman–Crippen LogP) is 2.00. The molecule has 4 heterocycles. The minimum atomic E-state index is -0.230. The zero-order valence-electron chi connectivity index (χ0n) is 16.0. The van der Waals surface area contributed by atoms with Crippen LogP contribution in [0.25, 0.3) is 0 Å². The number of amides is 1. The Kier molecular flexibility index (Phi) is 4.60. The standard InChI is InChI=1S/C21H25N5O2/c27-20(19-7-4-14-28-19)24-10-12-25(13-11-24)21-22-15-18-17(23-21)8-9-26(18)16-5-2-1-3-6-16/h1-3,5-6,15,19H,4,7-14H2. The molecular formula is C21H25N5O2. The zero-order valence-corrected chi connectivity index (χ0v) is 16.0. The molecule has 2 aromatic rings. The molecule has 2 saturated heterocycles. The Hall–Kier alpha value is -2.67. The molecule has 0 radical (unpaired) electrons. The lowest BCUT2D eigenvalue weighted by Crippen LogP contribution is -2.51. The molecule has 0 bridgehead atoms. The van der Waals surface area contributed by atoms with Crippen molar-refractivity contribution in [1.82, 2.24) is 14.9 Å². The molecule has 1 atom stereocenters. The van der Waals surface area contributed by atoms with E-state index in [1.807, 2.05) is 17.2 Å². The van der Waals surface area contributed by atoms with Crippen LogP contribution in [0.2, 0.25) is 0 Å². The summed E-state index contributed by atoms with van der Waals surface area (Å²) < 4.78 is 5.54. The summed E-state index contributed by atoms with van der Waals surface area (Å²) >= 11 is 0. The molecule has 0 saturated carbocycles. The van der Waals surface area contributed by atoms with E-state index in [1.54, 1.807) is 0 Å². The molecule has 2 fully saturated rings. The molecular weight excluding hydrogens is 354 g/mol. The fourth-order valence-electron chi connectivity index (χ4n) is 4.28. The van der Waals surface area contributed by atoms with Gasteiger partial charge >= 0.3 is 0 Å². The highest BCUT2D eigenvalue weighted by Gasteiger charge is 2.31. The number of piperazine rings is 1. The monoisotopic (exact) mass is 379 g/mol. The second-order valence-corrected chi connectivity index (χ2v) is 7.55. The Balaban J connectivity index is 1.25. The maximum absolute atomic E-state index is 12.5. The maximum atomic E-state index is 12.5. The number of hydrogen-bond acceptors (Lipinski definition) is 6. The van der Waals surface area contributed by atoms with E-state index in [9.17, 15) is 4.79 Å². The number of carbonyl (C=O) groups is 1. The van der Waals surface area contributed by atoms with E-state index in [2.05, 4.69) is 39.0 Å². The lowest BCUT2D eigenvalue weighted by molar-refractivity contribution is -0.141. The number of benzene rings is 1. The van der Waals surface area contributed by atoms with Crippen LogP contribution < -0.4 is 9.80 Å². The van der Waals surface area contributed by atoms with E-state index < -0.39 is 0 Å². The van der Waals surface area contributed by atoms with E-state index in [0.717, 1.165) is 56.2 Å². The minimum absolute atomic E-state index is 0.144. The van der Waals surface area contributed by atoms with Crippen molar-refractivity contribution in [3.8, 4) is 0 Å². The Morgan fingerprint density at radius 1 is 1.07 bits per heavy atom. The van der Waals surface area contributed by atoms with E-state index in [0.29, 0.717) is 19.7 Å². The summed E-state index contributed by atoms with van der Waals surface area (Å²) in [7, 11) is 0. The van der Waals surface area contributed by atoms with Gasteiger partial charge in [-0.3, -0.25) is 4.79 Å². The summed E-state index contributed by atoms with van der Waals surface area (Å²) in [6, 6.07) is 10.4. The average Bonchev–Trinajstić information content (AvgIpc) is 3.44. The van der Waals surface area contributed by atoms with E-state index in [4.69, 9.17) is 9.72 Å². The van der Waals surface area contributed by atoms with Crippen molar-refractivity contribution in [3.05, 3.63) is 42.2 Å². The van der Waals surface area contributed by atoms with Crippen molar-refractivity contribution in [2.45, 2.75) is 25.4 Å². The highest BCUT2D eigenvalue weighted by atomic mass is 16.5. The number of carbonyl (C=O) groups excluding carboxylic acids is 1. The molecule has 7 nitrogen and oxygen atoms in total. The summed E-state index contributed by atoms with van der Waals surface area (Å²) in [6.07, 6.45) is 4.48. The number of rotatable bonds is 3. The number of aromatic nitrogens is 2. The number of anilines is 3. The van der Waals surface area contributed by atoms with Crippen LogP contribution >= 0.6 is 0 Å². The molecule has 28 heavy (non-hydrogen) atoms. The van der Waals surface area contributed by atoms with Crippen LogP contribution in [-0.2, 0) is 16.0 Å². The van der Waals surface area contributed by atoms with E-state index >= 15 is 0 Å². The molecule has 146 valence electrons. The Labute approximate surface area is 164 Å². The first-order chi connectivity index (χ1) is 13.8. The predicted molar refractivity (Wildman–Crippen MR) is 107 cm³/mol. The van der Waals surface area contributed by atoms with Crippen molar-refractivity contribution < 1.29 is 9.53 Å². The van der Waals surface area contributed by atoms with Gasteiger partial charge in [-0.25, -0.2) is 9.97 Å². The molecule has 0 N–H and O–H groups in total. The molecule has 1 aromatic heterocycles. The fourth-order valence-corrected chi connectivity index (χ4v) is 4.28. The first-order valence-corrected chi connectivity index (χ1v) is 10.1. The van der Waals surface area contributed by atoms with Gasteiger partial charge in [0.2, 0.25) is 5.95 Å². The summed E-state index contributed by atoms with van der Waals surface area (Å²) in [5, 5.41) is 0. The zero-order chi connectivity index (χ0) is 18.9. The van der Waals surface area contributed by atoms with Crippen LogP contribution in [0.5, 0.6) is 0 Å². The molecule has 7 heteroatoms. The quantitative estimate of drug-likeness (QED) is 0.813. The molecule has 1 amide bonds. The lowest BCUT2D eigenvalue weighted by atomic mass is 10.2. The number of ether oxygens (including phenoxy) is 1. The van der Waals surface area contributed by atoms with Crippen molar-refractivity contribution in [3.63, 3.8) is 0 Å². The van der Waals surface area contributed by atoms with Gasteiger partial charge in [-0.1, -0.05) is 18.2 Å². The molecule has 0 aliphatic carbocycles. The Morgan fingerprint density at radius 3 is 2.64 bits per heavy atom. The maximum Gasteiger partial charge on any atom is 0.251 e. The van der Waals surface area contributed by atoms with Crippen LogP contribution in [-0.4, -0.2) is 66.2 Å². The minimum Gasteiger partial charge on any atom is -0.368 e. The Bertz CT molecular complexity index is 845. The second kappa shape index (κ2) is 7.39. The molecule has 3 aliphatic heterocycles. The molecule has 1 unspecified atom stereocenters. The largest absolute Gasteiger partial charge is 0.368 e. The summed E-state index contributed by atoms with van der Waals surface area (Å²) in [4.78, 5) is 28.4. The normalized spacial score (nSPS) is 21.9. The number of para-hydroxylation sites is 1. The van der Waals surface area contributed by atoms with Crippen LogP contribution in [0.3, 0.4) is 0 Å². The fraction of sp³-hybridized carbons (Fsp3) is 0.476. The van der Waals surface area contributed by atoms with Crippen molar-refractivity contribution in [2.24, 2.45) is 0 Å². The summed E-state index contributed by atoms with van der Waals surface area (Å²) in [5.41, 5.74) is 3.38. The smallest absolute Gasteiger partial charge is 0.251 e. The number of nitrogens with zero attached hydrogens (tertiary/aromatic N) is 5. The topological polar surface area (TPSA) is 61.8 Å². The van der Waals surface area contributed by atoms with Crippen LogP contribution in [0, 0.1) is 0 Å². The third-order valence-corrected chi connectivity index (χ3v) is 5.84. The van der Waals surface area contributed by atoms with Gasteiger partial charge in [0.25, 0.3) is 5.91 Å². The highest BCUT2D eigenvalue weighted by molar-refractivity contribution is 5.81. The summed E-state index contributed by atoms with van der Waals surface area (Å²) in [5.74, 6) is 0.920. The molecule has 0 spiro atoms. The van der Waals surface area contributed by atoms with Crippen LogP contribution in [0.15, 0.2) is 36.5 Å².